The van der Waals surface area contributed by atoms with Crippen molar-refractivity contribution in [2.75, 3.05) is 19.0 Å². The van der Waals surface area contributed by atoms with Crippen molar-refractivity contribution in [3.05, 3.63) is 24.4 Å². The second-order valence-electron chi connectivity index (χ2n) is 3.43. The van der Waals surface area contributed by atoms with Crippen LogP contribution in [0.4, 0.5) is 5.00 Å². The second-order valence-corrected chi connectivity index (χ2v) is 4.41. The molecule has 5 heteroatoms. The highest BCUT2D eigenvalue weighted by Gasteiger charge is 2.10. The predicted molar refractivity (Wildman–Crippen MR) is 62.2 cm³/mol. The summed E-state index contributed by atoms with van der Waals surface area (Å²) in [6.07, 6.45) is 5.09. The molecule has 2 heterocycles. The Hall–Kier alpha value is -1.49. The van der Waals surface area contributed by atoms with Gasteiger partial charge in [0.05, 0.1) is 5.69 Å². The molecule has 0 fully saturated rings. The number of thiazole rings is 1. The molecule has 0 atom stereocenters. The van der Waals surface area contributed by atoms with Gasteiger partial charge in [0.25, 0.3) is 0 Å². The Morgan fingerprint density at radius 3 is 2.40 bits per heavy atom. The highest BCUT2D eigenvalue weighted by Crippen LogP contribution is 2.32. The van der Waals surface area contributed by atoms with Crippen LogP contribution >= 0.6 is 11.3 Å². The molecule has 78 valence electrons. The van der Waals surface area contributed by atoms with E-state index in [9.17, 15) is 0 Å². The molecular weight excluding hydrogens is 208 g/mol. The summed E-state index contributed by atoms with van der Waals surface area (Å²) in [5.74, 6) is 0. The van der Waals surface area contributed by atoms with Crippen molar-refractivity contribution in [3.8, 4) is 10.6 Å². The smallest absolute Gasteiger partial charge is 0.128 e. The van der Waals surface area contributed by atoms with Crippen LogP contribution in [0.2, 0.25) is 0 Å². The average Bonchev–Trinajstić information content (AvgIpc) is 2.62. The highest BCUT2D eigenvalue weighted by atomic mass is 32.1. The van der Waals surface area contributed by atoms with E-state index >= 15 is 0 Å². The summed E-state index contributed by atoms with van der Waals surface area (Å²) < 4.78 is 0. The first-order valence-corrected chi connectivity index (χ1v) is 5.40. The van der Waals surface area contributed by atoms with Gasteiger partial charge in [0, 0.05) is 32.1 Å². The van der Waals surface area contributed by atoms with Crippen molar-refractivity contribution < 1.29 is 0 Å². The van der Waals surface area contributed by atoms with Gasteiger partial charge in [-0.2, -0.15) is 0 Å². The number of anilines is 1. The molecule has 2 aromatic rings. The van der Waals surface area contributed by atoms with Crippen LogP contribution in [0, 0.1) is 6.92 Å². The molecule has 0 bridgehead atoms. The van der Waals surface area contributed by atoms with E-state index in [0.717, 1.165) is 16.3 Å². The summed E-state index contributed by atoms with van der Waals surface area (Å²) in [6.45, 7) is 2.01. The fourth-order valence-corrected chi connectivity index (χ4v) is 2.30. The van der Waals surface area contributed by atoms with Crippen LogP contribution in [0.15, 0.2) is 18.7 Å². The molecule has 0 saturated heterocycles. The van der Waals surface area contributed by atoms with Gasteiger partial charge < -0.3 is 4.90 Å². The number of hydrogen-bond acceptors (Lipinski definition) is 5. The SMILES string of the molecule is Cc1nc(-c2cncnc2)sc1N(C)C. The molecule has 0 aromatic carbocycles. The van der Waals surface area contributed by atoms with Gasteiger partial charge in [-0.05, 0) is 6.92 Å². The Balaban J connectivity index is 2.43. The molecule has 0 radical (unpaired) electrons. The molecule has 0 aliphatic rings. The monoisotopic (exact) mass is 220 g/mol. The Bertz CT molecular complexity index is 450. The van der Waals surface area contributed by atoms with Gasteiger partial charge in [-0.25, -0.2) is 15.0 Å². The van der Waals surface area contributed by atoms with Crippen LogP contribution < -0.4 is 4.90 Å². The summed E-state index contributed by atoms with van der Waals surface area (Å²) in [6, 6.07) is 0. The minimum Gasteiger partial charge on any atom is -0.368 e. The minimum atomic E-state index is 0.969. The minimum absolute atomic E-state index is 0.969. The molecule has 0 unspecified atom stereocenters. The molecule has 15 heavy (non-hydrogen) atoms. The number of hydrogen-bond donors (Lipinski definition) is 0. The third kappa shape index (κ3) is 1.97. The van der Waals surface area contributed by atoms with E-state index in [1.807, 2.05) is 21.0 Å². The van der Waals surface area contributed by atoms with E-state index in [4.69, 9.17) is 0 Å². The lowest BCUT2D eigenvalue weighted by molar-refractivity contribution is 1.11. The van der Waals surface area contributed by atoms with Crippen molar-refractivity contribution >= 4 is 16.3 Å². The average molecular weight is 220 g/mol. The standard InChI is InChI=1S/C10H12N4S/c1-7-10(14(2)3)15-9(13-7)8-4-11-6-12-5-8/h4-6H,1-3H3. The van der Waals surface area contributed by atoms with Crippen molar-refractivity contribution in [3.63, 3.8) is 0 Å². The second kappa shape index (κ2) is 3.94. The third-order valence-electron chi connectivity index (χ3n) is 1.99. The van der Waals surface area contributed by atoms with Gasteiger partial charge in [-0.1, -0.05) is 11.3 Å². The van der Waals surface area contributed by atoms with Crippen LogP contribution in [0.5, 0.6) is 0 Å². The molecule has 0 spiro atoms. The largest absolute Gasteiger partial charge is 0.368 e. The molecule has 4 nitrogen and oxygen atoms in total. The van der Waals surface area contributed by atoms with Crippen molar-refractivity contribution in [1.29, 1.82) is 0 Å². The van der Waals surface area contributed by atoms with Crippen LogP contribution in [-0.4, -0.2) is 29.0 Å². The zero-order valence-corrected chi connectivity index (χ0v) is 9.75. The number of aromatic nitrogens is 3. The molecular formula is C10H12N4S. The highest BCUT2D eigenvalue weighted by molar-refractivity contribution is 7.19. The normalized spacial score (nSPS) is 10.3. The molecule has 0 saturated carbocycles. The number of aryl methyl sites for hydroxylation is 1. The topological polar surface area (TPSA) is 41.9 Å². The Kier molecular flexibility index (Phi) is 2.64. The van der Waals surface area contributed by atoms with Crippen LogP contribution in [0.25, 0.3) is 10.6 Å². The Labute approximate surface area is 92.6 Å². The number of rotatable bonds is 2. The summed E-state index contributed by atoms with van der Waals surface area (Å²) in [5.41, 5.74) is 2.02. The van der Waals surface area contributed by atoms with E-state index in [-0.39, 0.29) is 0 Å². The molecule has 0 amide bonds. The Morgan fingerprint density at radius 1 is 1.20 bits per heavy atom. The van der Waals surface area contributed by atoms with Gasteiger partial charge >= 0.3 is 0 Å². The first-order chi connectivity index (χ1) is 7.18. The van der Waals surface area contributed by atoms with E-state index < -0.39 is 0 Å². The van der Waals surface area contributed by atoms with Crippen LogP contribution in [0.1, 0.15) is 5.69 Å². The molecule has 0 aliphatic carbocycles. The summed E-state index contributed by atoms with van der Waals surface area (Å²) in [4.78, 5) is 14.5. The quantitative estimate of drug-likeness (QED) is 0.776. The zero-order chi connectivity index (χ0) is 10.8. The van der Waals surface area contributed by atoms with E-state index in [1.165, 1.54) is 11.3 Å². The molecule has 2 rings (SSSR count). The van der Waals surface area contributed by atoms with Gasteiger partial charge in [0.2, 0.25) is 0 Å². The van der Waals surface area contributed by atoms with E-state index in [2.05, 4.69) is 19.9 Å². The van der Waals surface area contributed by atoms with Crippen LogP contribution in [0.3, 0.4) is 0 Å². The van der Waals surface area contributed by atoms with Gasteiger partial charge in [-0.3, -0.25) is 0 Å². The van der Waals surface area contributed by atoms with Crippen LogP contribution in [-0.2, 0) is 0 Å². The van der Waals surface area contributed by atoms with Crippen molar-refractivity contribution in [2.45, 2.75) is 6.92 Å². The zero-order valence-electron chi connectivity index (χ0n) is 8.93. The lowest BCUT2D eigenvalue weighted by atomic mass is 10.3. The van der Waals surface area contributed by atoms with Gasteiger partial charge in [0.1, 0.15) is 16.3 Å². The lowest BCUT2D eigenvalue weighted by Gasteiger charge is -2.08. The maximum Gasteiger partial charge on any atom is 0.128 e. The molecule has 2 aromatic heterocycles. The predicted octanol–water partition coefficient (Wildman–Crippen LogP) is 1.97. The first-order valence-electron chi connectivity index (χ1n) is 4.58. The fourth-order valence-electron chi connectivity index (χ4n) is 1.34. The lowest BCUT2D eigenvalue weighted by Crippen LogP contribution is -2.07. The maximum absolute atomic E-state index is 4.50. The molecule has 0 N–H and O–H groups in total. The third-order valence-corrected chi connectivity index (χ3v) is 3.36. The van der Waals surface area contributed by atoms with Gasteiger partial charge in [-0.15, -0.1) is 0 Å². The maximum atomic E-state index is 4.50. The number of nitrogens with zero attached hydrogens (tertiary/aromatic N) is 4. The van der Waals surface area contributed by atoms with E-state index in [0.29, 0.717) is 0 Å². The van der Waals surface area contributed by atoms with Crippen molar-refractivity contribution in [1.82, 2.24) is 15.0 Å². The van der Waals surface area contributed by atoms with Gasteiger partial charge in [0.15, 0.2) is 0 Å². The van der Waals surface area contributed by atoms with E-state index in [1.54, 1.807) is 23.7 Å². The molecule has 0 aliphatic heterocycles. The Morgan fingerprint density at radius 2 is 1.87 bits per heavy atom. The summed E-state index contributed by atoms with van der Waals surface area (Å²) in [5, 5.41) is 2.14. The van der Waals surface area contributed by atoms with Crippen molar-refractivity contribution in [2.24, 2.45) is 0 Å². The fraction of sp³-hybridized carbons (Fsp3) is 0.300. The first kappa shape index (κ1) is 10.0. The summed E-state index contributed by atoms with van der Waals surface area (Å²) in [7, 11) is 4.04. The summed E-state index contributed by atoms with van der Waals surface area (Å²) >= 11 is 1.66.